The lowest BCUT2D eigenvalue weighted by Crippen LogP contribution is -2.58. The molecule has 0 aliphatic carbocycles. The first-order valence-corrected chi connectivity index (χ1v) is 23.0. The summed E-state index contributed by atoms with van der Waals surface area (Å²) in [5.74, 6) is 1.05. The Hall–Kier alpha value is -0.749. The van der Waals surface area contributed by atoms with Crippen LogP contribution in [0.2, 0.25) is 38.3 Å². The molecular weight excluding hydrogens is 579 g/mol. The Balaban J connectivity index is 1.42. The van der Waals surface area contributed by atoms with Crippen LogP contribution in [-0.4, -0.2) is 35.6 Å². The van der Waals surface area contributed by atoms with Crippen molar-refractivity contribution >= 4 is 48.4 Å². The molecule has 2 saturated heterocycles. The second kappa shape index (κ2) is 11.9. The van der Waals surface area contributed by atoms with E-state index in [1.165, 1.54) is 11.1 Å². The van der Waals surface area contributed by atoms with Crippen molar-refractivity contribution in [3.63, 3.8) is 0 Å². The smallest absolute Gasteiger partial charge is 0.332 e. The van der Waals surface area contributed by atoms with Crippen LogP contribution < -0.4 is 0 Å². The highest BCUT2D eigenvalue weighted by molar-refractivity contribution is 6.89. The van der Waals surface area contributed by atoms with Gasteiger partial charge in [-0.25, -0.2) is 0 Å². The summed E-state index contributed by atoms with van der Waals surface area (Å²) in [5, 5.41) is -0.539. The van der Waals surface area contributed by atoms with Crippen LogP contribution in [0.25, 0.3) is 0 Å². The van der Waals surface area contributed by atoms with Crippen molar-refractivity contribution in [3.8, 4) is 0 Å². The van der Waals surface area contributed by atoms with Gasteiger partial charge in [-0.15, -0.1) is 23.2 Å². The lowest BCUT2D eigenvalue weighted by molar-refractivity contribution is 0.0892. The van der Waals surface area contributed by atoms with E-state index in [2.05, 4.69) is 95.1 Å². The van der Waals surface area contributed by atoms with Crippen LogP contribution in [0.3, 0.4) is 0 Å². The summed E-state index contributed by atoms with van der Waals surface area (Å²) < 4.78 is 27.4. The zero-order chi connectivity index (χ0) is 28.5. The molecule has 2 aliphatic rings. The zero-order valence-electron chi connectivity index (χ0n) is 24.4. The van der Waals surface area contributed by atoms with Gasteiger partial charge in [-0.1, -0.05) is 67.6 Å². The average Bonchev–Trinajstić information content (AvgIpc) is 3.38. The predicted octanol–water partition coefficient (Wildman–Crippen LogP) is 8.74. The van der Waals surface area contributed by atoms with E-state index < -0.39 is 25.2 Å². The van der Waals surface area contributed by atoms with Gasteiger partial charge >= 0.3 is 8.56 Å². The van der Waals surface area contributed by atoms with Gasteiger partial charge in [0.05, 0.1) is 23.7 Å². The Bertz CT molecular complexity index is 1160. The van der Waals surface area contributed by atoms with Gasteiger partial charge in [0.1, 0.15) is 0 Å². The van der Waals surface area contributed by atoms with Crippen LogP contribution in [0.5, 0.6) is 0 Å². The number of benzene rings is 2. The Labute approximate surface area is 248 Å². The van der Waals surface area contributed by atoms with Gasteiger partial charge in [-0.05, 0) is 80.3 Å². The molecule has 2 aromatic rings. The highest BCUT2D eigenvalue weighted by Gasteiger charge is 2.73. The van der Waals surface area contributed by atoms with E-state index in [4.69, 9.17) is 40.9 Å². The minimum Gasteiger partial charge on any atom is -0.410 e. The predicted molar refractivity (Wildman–Crippen MR) is 169 cm³/mol. The van der Waals surface area contributed by atoms with Gasteiger partial charge in [-0.3, -0.25) is 0 Å². The third-order valence-corrected chi connectivity index (χ3v) is 20.2. The molecule has 214 valence electrons. The summed E-state index contributed by atoms with van der Waals surface area (Å²) in [5.41, 5.74) is 5.78. The van der Waals surface area contributed by atoms with Gasteiger partial charge in [0.15, 0.2) is 0 Å². The van der Waals surface area contributed by atoms with Crippen molar-refractivity contribution in [3.05, 3.63) is 82.9 Å². The minimum atomic E-state index is -2.41. The lowest BCUT2D eigenvalue weighted by atomic mass is 10.2. The van der Waals surface area contributed by atoms with Crippen molar-refractivity contribution in [2.45, 2.75) is 100 Å². The van der Waals surface area contributed by atoms with Gasteiger partial charge in [0.2, 0.25) is 16.6 Å². The Morgan fingerprint density at radius 2 is 1.38 bits per heavy atom. The Kier molecular flexibility index (Phi) is 9.48. The Morgan fingerprint density at radius 3 is 1.90 bits per heavy atom. The fraction of sp³-hybridized carbons (Fsp3) is 0.533. The fourth-order valence-corrected chi connectivity index (χ4v) is 18.5. The van der Waals surface area contributed by atoms with Crippen LogP contribution in [-0.2, 0) is 42.7 Å². The van der Waals surface area contributed by atoms with E-state index in [1.54, 1.807) is 0 Å². The monoisotopic (exact) mass is 622 g/mol. The molecule has 2 fully saturated rings. The number of alkyl halides is 2. The van der Waals surface area contributed by atoms with Crippen molar-refractivity contribution in [2.75, 3.05) is 0 Å². The summed E-state index contributed by atoms with van der Waals surface area (Å²) in [4.78, 5) is 0. The Morgan fingerprint density at radius 1 is 0.872 bits per heavy atom. The molecule has 2 aromatic carbocycles. The normalized spacial score (nSPS) is 30.6. The van der Waals surface area contributed by atoms with E-state index >= 15 is 0 Å². The van der Waals surface area contributed by atoms with E-state index in [1.807, 2.05) is 0 Å². The van der Waals surface area contributed by atoms with Gasteiger partial charge < -0.3 is 17.7 Å². The molecule has 4 atom stereocenters. The molecule has 9 heteroatoms. The van der Waals surface area contributed by atoms with Crippen LogP contribution in [0.4, 0.5) is 0 Å². The quantitative estimate of drug-likeness (QED) is 0.127. The molecule has 0 bridgehead atoms. The average molecular weight is 624 g/mol. The standard InChI is InChI=1S/C30H44Cl2O4Si3/c1-8-30(36-37(4,5)33-20-27-13-9-25(18-31)10-14-27)23-39(30,7)35-29(3)17-24(2)22-38(29,6)34-21-28-15-11-26(19-32)12-16-28/h9-16H,2,8,17-23H2,1,3-7H3. The summed E-state index contributed by atoms with van der Waals surface area (Å²) in [6.45, 7) is 19.0. The third kappa shape index (κ3) is 6.84. The lowest BCUT2D eigenvalue weighted by Gasteiger charge is -2.42. The molecule has 2 heterocycles. The maximum atomic E-state index is 7.28. The number of hydrogen-bond donors (Lipinski definition) is 0. The maximum absolute atomic E-state index is 7.28. The molecular formula is C30H44Cl2O4Si3. The topological polar surface area (TPSA) is 36.9 Å². The summed E-state index contributed by atoms with van der Waals surface area (Å²) in [7, 11) is -6.86. The van der Waals surface area contributed by atoms with E-state index in [0.717, 1.165) is 41.6 Å². The maximum Gasteiger partial charge on any atom is 0.332 e. The second-order valence-electron chi connectivity index (χ2n) is 12.4. The second-order valence-corrected chi connectivity index (χ2v) is 24.3. The summed E-state index contributed by atoms with van der Waals surface area (Å²) >= 11 is 11.9. The largest absolute Gasteiger partial charge is 0.410 e. The molecule has 39 heavy (non-hydrogen) atoms. The van der Waals surface area contributed by atoms with Crippen molar-refractivity contribution in [2.24, 2.45) is 0 Å². The number of hydrogen-bond acceptors (Lipinski definition) is 4. The SMILES string of the molecule is C=C1CC(C)(O[Si]2(C)CC2(CC)O[Si](C)(C)OCc2ccc(CCl)cc2)[Si](C)(OCc2ccc(CCl)cc2)C1. The fourth-order valence-electron chi connectivity index (χ4n) is 6.03. The van der Waals surface area contributed by atoms with Crippen LogP contribution in [0.15, 0.2) is 60.7 Å². The molecule has 0 aromatic heterocycles. The van der Waals surface area contributed by atoms with Crippen molar-refractivity contribution in [1.82, 2.24) is 0 Å². The molecule has 0 radical (unpaired) electrons. The summed E-state index contributed by atoms with van der Waals surface area (Å²) in [6.07, 6.45) is 1.79. The molecule has 0 saturated carbocycles. The van der Waals surface area contributed by atoms with Crippen LogP contribution in [0.1, 0.15) is 48.9 Å². The molecule has 4 unspecified atom stereocenters. The zero-order valence-corrected chi connectivity index (χ0v) is 28.9. The summed E-state index contributed by atoms with van der Waals surface area (Å²) in [6, 6.07) is 18.6. The van der Waals surface area contributed by atoms with Gasteiger partial charge in [-0.2, -0.15) is 0 Å². The van der Waals surface area contributed by atoms with Crippen molar-refractivity contribution < 1.29 is 17.7 Å². The molecule has 0 spiro atoms. The number of rotatable bonds is 13. The van der Waals surface area contributed by atoms with Gasteiger partial charge in [0, 0.05) is 11.8 Å². The van der Waals surface area contributed by atoms with E-state index in [-0.39, 0.29) is 10.4 Å². The molecule has 4 rings (SSSR count). The first-order chi connectivity index (χ1) is 18.3. The highest BCUT2D eigenvalue weighted by atomic mass is 35.5. The molecule has 2 aliphatic heterocycles. The molecule has 0 amide bonds. The van der Waals surface area contributed by atoms with Gasteiger partial charge in [0.25, 0.3) is 0 Å². The van der Waals surface area contributed by atoms with Crippen LogP contribution in [0, 0.1) is 0 Å². The molecule has 0 N–H and O–H groups in total. The van der Waals surface area contributed by atoms with E-state index in [9.17, 15) is 0 Å². The highest BCUT2D eigenvalue weighted by Crippen LogP contribution is 2.58. The minimum absolute atomic E-state index is 0.217. The number of halogens is 2. The molecule has 4 nitrogen and oxygen atoms in total. The first-order valence-electron chi connectivity index (χ1n) is 13.9. The van der Waals surface area contributed by atoms with E-state index in [0.29, 0.717) is 25.0 Å². The van der Waals surface area contributed by atoms with Crippen LogP contribution >= 0.6 is 23.2 Å². The van der Waals surface area contributed by atoms with Crippen molar-refractivity contribution in [1.29, 1.82) is 0 Å². The third-order valence-electron chi connectivity index (χ3n) is 8.72. The first kappa shape index (κ1) is 31.2.